The number of hydrogen-bond acceptors (Lipinski definition) is 3. The first-order valence-corrected chi connectivity index (χ1v) is 7.66. The van der Waals surface area contributed by atoms with Crippen molar-refractivity contribution in [1.82, 2.24) is 5.32 Å². The van der Waals surface area contributed by atoms with Crippen LogP contribution in [-0.4, -0.2) is 29.6 Å². The lowest BCUT2D eigenvalue weighted by atomic mass is 9.99. The van der Waals surface area contributed by atoms with E-state index in [1.807, 2.05) is 32.9 Å². The molecule has 1 rings (SSSR count). The zero-order valence-electron chi connectivity index (χ0n) is 12.4. The second-order valence-corrected chi connectivity index (χ2v) is 5.97. The number of halogens is 1. The van der Waals surface area contributed by atoms with E-state index in [1.54, 1.807) is 6.07 Å². The Morgan fingerprint density at radius 3 is 2.57 bits per heavy atom. The first kappa shape index (κ1) is 17.7. The SMILES string of the molecule is CC[C@H](C)[C@H](NCC(=O)Nc1ccc(C)cc1Br)C(=O)O. The topological polar surface area (TPSA) is 78.4 Å². The molecule has 0 aromatic heterocycles. The molecule has 0 spiro atoms. The zero-order valence-corrected chi connectivity index (χ0v) is 14.0. The summed E-state index contributed by atoms with van der Waals surface area (Å²) in [6.07, 6.45) is 0.731. The molecule has 0 radical (unpaired) electrons. The normalized spacial score (nSPS) is 13.5. The molecule has 5 nitrogen and oxygen atoms in total. The van der Waals surface area contributed by atoms with Crippen LogP contribution >= 0.6 is 15.9 Å². The van der Waals surface area contributed by atoms with Crippen LogP contribution in [0, 0.1) is 12.8 Å². The van der Waals surface area contributed by atoms with Crippen molar-refractivity contribution in [2.24, 2.45) is 5.92 Å². The Morgan fingerprint density at radius 2 is 2.05 bits per heavy atom. The average Bonchev–Trinajstić information content (AvgIpc) is 2.41. The minimum absolute atomic E-state index is 0.0401. The smallest absolute Gasteiger partial charge is 0.320 e. The summed E-state index contributed by atoms with van der Waals surface area (Å²) < 4.78 is 0.799. The van der Waals surface area contributed by atoms with Crippen molar-refractivity contribution in [2.45, 2.75) is 33.2 Å². The van der Waals surface area contributed by atoms with E-state index in [-0.39, 0.29) is 18.4 Å². The van der Waals surface area contributed by atoms with Crippen molar-refractivity contribution < 1.29 is 14.7 Å². The van der Waals surface area contributed by atoms with Crippen LogP contribution in [0.4, 0.5) is 5.69 Å². The zero-order chi connectivity index (χ0) is 16.0. The van der Waals surface area contributed by atoms with Crippen LogP contribution in [0.25, 0.3) is 0 Å². The van der Waals surface area contributed by atoms with Crippen molar-refractivity contribution in [3.05, 3.63) is 28.2 Å². The van der Waals surface area contributed by atoms with Gasteiger partial charge in [-0.1, -0.05) is 26.3 Å². The summed E-state index contributed by atoms with van der Waals surface area (Å²) in [6, 6.07) is 4.89. The molecule has 0 aliphatic carbocycles. The number of hydrogen-bond donors (Lipinski definition) is 3. The van der Waals surface area contributed by atoms with E-state index in [9.17, 15) is 9.59 Å². The van der Waals surface area contributed by atoms with E-state index in [0.717, 1.165) is 16.5 Å². The molecule has 1 amide bonds. The van der Waals surface area contributed by atoms with E-state index >= 15 is 0 Å². The first-order chi connectivity index (χ1) is 9.85. The van der Waals surface area contributed by atoms with Crippen molar-refractivity contribution in [3.63, 3.8) is 0 Å². The van der Waals surface area contributed by atoms with Crippen molar-refractivity contribution in [1.29, 1.82) is 0 Å². The Bertz CT molecular complexity index is 520. The van der Waals surface area contributed by atoms with E-state index in [2.05, 4.69) is 26.6 Å². The van der Waals surface area contributed by atoms with E-state index in [0.29, 0.717) is 5.69 Å². The van der Waals surface area contributed by atoms with Crippen LogP contribution in [0.2, 0.25) is 0 Å². The number of aliphatic carboxylic acids is 1. The highest BCUT2D eigenvalue weighted by Crippen LogP contribution is 2.23. The number of amides is 1. The van der Waals surface area contributed by atoms with Gasteiger partial charge in [-0.2, -0.15) is 0 Å². The van der Waals surface area contributed by atoms with Crippen LogP contribution in [-0.2, 0) is 9.59 Å². The van der Waals surface area contributed by atoms with Crippen LogP contribution in [0.5, 0.6) is 0 Å². The lowest BCUT2D eigenvalue weighted by Gasteiger charge is -2.20. The maximum absolute atomic E-state index is 11.9. The van der Waals surface area contributed by atoms with Crippen LogP contribution in [0.15, 0.2) is 22.7 Å². The highest BCUT2D eigenvalue weighted by atomic mass is 79.9. The predicted octanol–water partition coefficient (Wildman–Crippen LogP) is 2.78. The predicted molar refractivity (Wildman–Crippen MR) is 86.4 cm³/mol. The molecular weight excluding hydrogens is 336 g/mol. The molecule has 0 aliphatic heterocycles. The Labute approximate surface area is 133 Å². The number of benzene rings is 1. The average molecular weight is 357 g/mol. The lowest BCUT2D eigenvalue weighted by Crippen LogP contribution is -2.45. The molecule has 116 valence electrons. The molecular formula is C15H21BrN2O3. The summed E-state index contributed by atoms with van der Waals surface area (Å²) in [4.78, 5) is 23.1. The van der Waals surface area contributed by atoms with Gasteiger partial charge in [0.05, 0.1) is 12.2 Å². The maximum atomic E-state index is 11.9. The molecule has 1 aromatic rings. The molecule has 0 fully saturated rings. The minimum atomic E-state index is -0.936. The minimum Gasteiger partial charge on any atom is -0.480 e. The molecule has 0 saturated heterocycles. The van der Waals surface area contributed by atoms with Gasteiger partial charge >= 0.3 is 5.97 Å². The van der Waals surface area contributed by atoms with E-state index in [1.165, 1.54) is 0 Å². The number of carboxylic acid groups (broad SMARTS) is 1. The number of aryl methyl sites for hydroxylation is 1. The number of carbonyl (C=O) groups is 2. The van der Waals surface area contributed by atoms with Gasteiger partial charge in [-0.15, -0.1) is 0 Å². The van der Waals surface area contributed by atoms with Gasteiger partial charge in [0, 0.05) is 4.47 Å². The molecule has 1 aromatic carbocycles. The molecule has 3 N–H and O–H groups in total. The molecule has 0 heterocycles. The summed E-state index contributed by atoms with van der Waals surface area (Å²) in [5.41, 5.74) is 1.75. The van der Waals surface area contributed by atoms with Gasteiger partial charge in [0.15, 0.2) is 0 Å². The Kier molecular flexibility index (Phi) is 6.84. The van der Waals surface area contributed by atoms with E-state index in [4.69, 9.17) is 5.11 Å². The summed E-state index contributed by atoms with van der Waals surface area (Å²) in [7, 11) is 0. The summed E-state index contributed by atoms with van der Waals surface area (Å²) >= 11 is 3.38. The standard InChI is InChI=1S/C15H21BrN2O3/c1-4-10(3)14(15(20)21)17-8-13(19)18-12-6-5-9(2)7-11(12)16/h5-7,10,14,17H,4,8H2,1-3H3,(H,18,19)(H,20,21)/t10-,14-/m0/s1. The van der Waals surface area contributed by atoms with Gasteiger partial charge in [-0.3, -0.25) is 14.9 Å². The molecule has 6 heteroatoms. The molecule has 21 heavy (non-hydrogen) atoms. The monoisotopic (exact) mass is 356 g/mol. The fourth-order valence-corrected chi connectivity index (χ4v) is 2.48. The van der Waals surface area contributed by atoms with Gasteiger partial charge in [-0.05, 0) is 46.5 Å². The largest absolute Gasteiger partial charge is 0.480 e. The van der Waals surface area contributed by atoms with Gasteiger partial charge < -0.3 is 10.4 Å². The third-order valence-electron chi connectivity index (χ3n) is 3.36. The fraction of sp³-hybridized carbons (Fsp3) is 0.467. The second-order valence-electron chi connectivity index (χ2n) is 5.11. The number of nitrogens with one attached hydrogen (secondary N) is 2. The molecule has 2 atom stereocenters. The molecule has 0 saturated carbocycles. The number of rotatable bonds is 7. The summed E-state index contributed by atoms with van der Waals surface area (Å²) in [6.45, 7) is 5.69. The Balaban J connectivity index is 2.59. The highest BCUT2D eigenvalue weighted by molar-refractivity contribution is 9.10. The third-order valence-corrected chi connectivity index (χ3v) is 4.02. The van der Waals surface area contributed by atoms with Crippen LogP contribution in [0.1, 0.15) is 25.8 Å². The van der Waals surface area contributed by atoms with Crippen molar-refractivity contribution in [2.75, 3.05) is 11.9 Å². The summed E-state index contributed by atoms with van der Waals surface area (Å²) in [5.74, 6) is -1.25. The molecule has 0 unspecified atom stereocenters. The lowest BCUT2D eigenvalue weighted by molar-refractivity contribution is -0.140. The van der Waals surface area contributed by atoms with Gasteiger partial charge in [0.2, 0.25) is 5.91 Å². The first-order valence-electron chi connectivity index (χ1n) is 6.87. The summed E-state index contributed by atoms with van der Waals surface area (Å²) in [5, 5.41) is 14.7. The Hall–Kier alpha value is -1.40. The van der Waals surface area contributed by atoms with Crippen LogP contribution < -0.4 is 10.6 Å². The molecule has 0 bridgehead atoms. The number of carboxylic acids is 1. The highest BCUT2D eigenvalue weighted by Gasteiger charge is 2.23. The van der Waals surface area contributed by atoms with Gasteiger partial charge in [0.25, 0.3) is 0 Å². The quantitative estimate of drug-likeness (QED) is 0.701. The van der Waals surface area contributed by atoms with Crippen LogP contribution in [0.3, 0.4) is 0 Å². The second kappa shape index (κ2) is 8.14. The third kappa shape index (κ3) is 5.47. The maximum Gasteiger partial charge on any atom is 0.320 e. The fourth-order valence-electron chi connectivity index (χ4n) is 1.89. The number of carbonyl (C=O) groups excluding carboxylic acids is 1. The van der Waals surface area contributed by atoms with Crippen molar-refractivity contribution >= 4 is 33.5 Å². The van der Waals surface area contributed by atoms with Gasteiger partial charge in [0.1, 0.15) is 6.04 Å². The number of anilines is 1. The van der Waals surface area contributed by atoms with Crippen molar-refractivity contribution in [3.8, 4) is 0 Å². The Morgan fingerprint density at radius 1 is 1.38 bits per heavy atom. The van der Waals surface area contributed by atoms with Gasteiger partial charge in [-0.25, -0.2) is 0 Å². The van der Waals surface area contributed by atoms with E-state index < -0.39 is 12.0 Å². The molecule has 0 aliphatic rings.